The van der Waals surface area contributed by atoms with Gasteiger partial charge in [-0.3, -0.25) is 9.09 Å². The minimum Gasteiger partial charge on any atom is -0.388 e. The van der Waals surface area contributed by atoms with E-state index in [4.69, 9.17) is 24.8 Å². The normalized spacial score (nSPS) is 23.6. The maximum atomic E-state index is 12.4. The molecule has 1 aliphatic rings. The Morgan fingerprint density at radius 2 is 1.48 bits per heavy atom. The summed E-state index contributed by atoms with van der Waals surface area (Å²) in [5, 5.41) is 32.7. The van der Waals surface area contributed by atoms with Crippen LogP contribution in [0.25, 0.3) is 11.2 Å². The van der Waals surface area contributed by atoms with Crippen LogP contribution in [0, 0.1) is 0 Å². The van der Waals surface area contributed by atoms with Crippen molar-refractivity contribution >= 4 is 32.6 Å². The van der Waals surface area contributed by atoms with Gasteiger partial charge in [0.2, 0.25) is 0 Å². The fourth-order valence-corrected chi connectivity index (χ4v) is 7.24. The fourth-order valence-electron chi connectivity index (χ4n) is 5.44. The molecule has 0 spiro atoms. The van der Waals surface area contributed by atoms with Crippen molar-refractivity contribution in [2.75, 3.05) is 5.73 Å². The van der Waals surface area contributed by atoms with Crippen LogP contribution in [0.2, 0.25) is 0 Å². The summed E-state index contributed by atoms with van der Waals surface area (Å²) in [5.74, 6) is 0.0772. The van der Waals surface area contributed by atoms with Gasteiger partial charge in [0, 0.05) is 0 Å². The Labute approximate surface area is 256 Å². The molecule has 16 nitrogen and oxygen atoms in total. The minimum absolute atomic E-state index is 0.0287. The van der Waals surface area contributed by atoms with Gasteiger partial charge in [-0.1, -0.05) is 90.4 Å². The summed E-state index contributed by atoms with van der Waals surface area (Å²) in [5.41, 5.74) is 6.23. The van der Waals surface area contributed by atoms with E-state index in [2.05, 4.69) is 26.2 Å². The van der Waals surface area contributed by atoms with Gasteiger partial charge in [0.25, 0.3) is 0 Å². The molecule has 1 aliphatic heterocycles. The molecule has 3 heterocycles. The third kappa shape index (κ3) is 11.1. The average Bonchev–Trinajstić information content (AvgIpc) is 3.50. The summed E-state index contributed by atoms with van der Waals surface area (Å²) in [4.78, 5) is 40.1. The number of unbranched alkanes of at least 4 members (excludes halogenated alkanes) is 12. The maximum Gasteiger partial charge on any atom is 0.481 e. The van der Waals surface area contributed by atoms with Crippen molar-refractivity contribution < 1.29 is 52.7 Å². The molecular formula is C26H47N5O11P2. The number of hydrogen-bond acceptors (Lipinski definition) is 12. The molecule has 252 valence electrons. The first-order chi connectivity index (χ1) is 20.8. The summed E-state index contributed by atoms with van der Waals surface area (Å²) in [6.45, 7) is 2.20. The van der Waals surface area contributed by atoms with Crippen LogP contribution in [0.4, 0.5) is 5.82 Å². The van der Waals surface area contributed by atoms with Gasteiger partial charge in [0.15, 0.2) is 17.7 Å². The van der Waals surface area contributed by atoms with Crippen LogP contribution in [0.15, 0.2) is 12.7 Å². The Bertz CT molecular complexity index is 1250. The van der Waals surface area contributed by atoms with Gasteiger partial charge < -0.3 is 40.5 Å². The zero-order valence-electron chi connectivity index (χ0n) is 25.0. The standard InChI is InChI=1S/C26H47N5O11P2/c1-2-3-4-5-6-7-8-9-10-11-12-13-14-15-18(41-44(38,39)42-43(35,36)37)20(32)23-21(33)22(34)26(40-23)31-17-30-19-24(27)28-16-29-25(19)31/h16-18,20-23,26,32-34H,2-15H2,1H3,(H,38,39)(H2,27,28,29)(H2,35,36,37)/t18?,20?,21-,22+,23+,26+/m0/s1. The van der Waals surface area contributed by atoms with E-state index in [9.17, 15) is 29.3 Å². The van der Waals surface area contributed by atoms with Crippen molar-refractivity contribution in [3.8, 4) is 0 Å². The Morgan fingerprint density at radius 3 is 2.05 bits per heavy atom. The van der Waals surface area contributed by atoms with E-state index in [1.54, 1.807) is 0 Å². The van der Waals surface area contributed by atoms with Crippen LogP contribution in [0.1, 0.15) is 103 Å². The highest BCUT2D eigenvalue weighted by atomic mass is 31.3. The number of hydrogen-bond donors (Lipinski definition) is 7. The zero-order chi connectivity index (χ0) is 32.3. The van der Waals surface area contributed by atoms with Gasteiger partial charge in [-0.25, -0.2) is 24.1 Å². The number of nitrogens with zero attached hydrogens (tertiary/aromatic N) is 4. The van der Waals surface area contributed by atoms with E-state index in [1.807, 2.05) is 0 Å². The van der Waals surface area contributed by atoms with Crippen molar-refractivity contribution in [3.05, 3.63) is 12.7 Å². The zero-order valence-corrected chi connectivity index (χ0v) is 26.8. The molecule has 2 aromatic rings. The van der Waals surface area contributed by atoms with E-state index in [1.165, 1.54) is 62.2 Å². The highest BCUT2D eigenvalue weighted by Crippen LogP contribution is 2.58. The van der Waals surface area contributed by atoms with Gasteiger partial charge in [-0.15, -0.1) is 0 Å². The molecule has 2 aromatic heterocycles. The Morgan fingerprint density at radius 1 is 0.909 bits per heavy atom. The molecular weight excluding hydrogens is 620 g/mol. The SMILES string of the molecule is CCCCCCCCCCCCCCCC(OP(=O)(O)OP(=O)(O)O)C(O)[C@H]1O[C@@H](n2cnc3c(N)ncnc32)[C@H](O)[C@@H]1O. The Hall–Kier alpha value is -1.55. The molecule has 8 N–H and O–H groups in total. The summed E-state index contributed by atoms with van der Waals surface area (Å²) < 4.78 is 39.6. The highest BCUT2D eigenvalue weighted by Gasteiger charge is 2.50. The Balaban J connectivity index is 1.57. The summed E-state index contributed by atoms with van der Waals surface area (Å²) in [6, 6.07) is 0. The van der Waals surface area contributed by atoms with Crippen LogP contribution in [-0.2, 0) is 22.7 Å². The largest absolute Gasteiger partial charge is 0.481 e. The van der Waals surface area contributed by atoms with Gasteiger partial charge in [0.1, 0.15) is 36.3 Å². The third-order valence-electron chi connectivity index (χ3n) is 7.72. The molecule has 0 aromatic carbocycles. The molecule has 18 heteroatoms. The van der Waals surface area contributed by atoms with E-state index in [0.717, 1.165) is 25.7 Å². The number of nitrogen functional groups attached to an aromatic ring is 1. The number of phosphoric ester groups is 1. The predicted octanol–water partition coefficient (Wildman–Crippen LogP) is 3.46. The number of aliphatic hydroxyl groups is 3. The molecule has 7 atom stereocenters. The molecule has 44 heavy (non-hydrogen) atoms. The number of nitrogens with two attached hydrogens (primary N) is 1. The third-order valence-corrected chi connectivity index (χ3v) is 9.94. The second kappa shape index (κ2) is 17.4. The van der Waals surface area contributed by atoms with Crippen LogP contribution >= 0.6 is 15.6 Å². The van der Waals surface area contributed by atoms with Gasteiger partial charge >= 0.3 is 15.6 Å². The van der Waals surface area contributed by atoms with Crippen LogP contribution in [-0.4, -0.2) is 80.0 Å². The first-order valence-electron chi connectivity index (χ1n) is 15.3. The summed E-state index contributed by atoms with van der Waals surface area (Å²) in [7, 11) is -10.8. The van der Waals surface area contributed by atoms with Crippen molar-refractivity contribution in [2.24, 2.45) is 0 Å². The van der Waals surface area contributed by atoms with Crippen molar-refractivity contribution in [1.82, 2.24) is 19.5 Å². The number of rotatable bonds is 21. The first-order valence-corrected chi connectivity index (χ1v) is 18.3. The predicted molar refractivity (Wildman–Crippen MR) is 160 cm³/mol. The maximum absolute atomic E-state index is 12.4. The van der Waals surface area contributed by atoms with Crippen LogP contribution < -0.4 is 5.73 Å². The Kier molecular flexibility index (Phi) is 14.6. The lowest BCUT2D eigenvalue weighted by molar-refractivity contribution is -0.118. The highest BCUT2D eigenvalue weighted by molar-refractivity contribution is 7.60. The monoisotopic (exact) mass is 667 g/mol. The molecule has 0 saturated carbocycles. The summed E-state index contributed by atoms with van der Waals surface area (Å²) in [6.07, 6.45) is 7.00. The number of aromatic nitrogens is 4. The fraction of sp³-hybridized carbons (Fsp3) is 0.808. The second-order valence-electron chi connectivity index (χ2n) is 11.3. The molecule has 0 bridgehead atoms. The molecule has 0 radical (unpaired) electrons. The molecule has 3 unspecified atom stereocenters. The van der Waals surface area contributed by atoms with Crippen molar-refractivity contribution in [3.63, 3.8) is 0 Å². The smallest absolute Gasteiger partial charge is 0.388 e. The lowest BCUT2D eigenvalue weighted by atomic mass is 9.97. The topological polar surface area (TPSA) is 253 Å². The number of fused-ring (bicyclic) bond motifs is 1. The number of aliphatic hydroxyl groups excluding tert-OH is 3. The lowest BCUT2D eigenvalue weighted by Crippen LogP contribution is -2.45. The van der Waals surface area contributed by atoms with Crippen molar-refractivity contribution in [1.29, 1.82) is 0 Å². The van der Waals surface area contributed by atoms with E-state index < -0.39 is 52.4 Å². The van der Waals surface area contributed by atoms with E-state index in [-0.39, 0.29) is 23.4 Å². The number of phosphoric acid groups is 2. The first kappa shape index (κ1) is 36.9. The summed E-state index contributed by atoms with van der Waals surface area (Å²) >= 11 is 0. The van der Waals surface area contributed by atoms with Crippen LogP contribution in [0.3, 0.4) is 0 Å². The number of imidazole rings is 1. The minimum atomic E-state index is -5.42. The molecule has 1 saturated heterocycles. The molecule has 1 fully saturated rings. The number of ether oxygens (including phenoxy) is 1. The molecule has 0 aliphatic carbocycles. The van der Waals surface area contributed by atoms with Crippen LogP contribution in [0.5, 0.6) is 0 Å². The molecule has 3 rings (SSSR count). The lowest BCUT2D eigenvalue weighted by Gasteiger charge is -2.29. The van der Waals surface area contributed by atoms with Gasteiger partial charge in [0.05, 0.1) is 12.4 Å². The number of anilines is 1. The molecule has 0 amide bonds. The van der Waals surface area contributed by atoms with E-state index in [0.29, 0.717) is 12.8 Å². The van der Waals surface area contributed by atoms with Gasteiger partial charge in [-0.2, -0.15) is 4.31 Å². The quantitative estimate of drug-likeness (QED) is 0.0743. The van der Waals surface area contributed by atoms with Gasteiger partial charge in [-0.05, 0) is 6.42 Å². The van der Waals surface area contributed by atoms with E-state index >= 15 is 0 Å². The average molecular weight is 668 g/mol. The second-order valence-corrected chi connectivity index (χ2v) is 14.0. The van der Waals surface area contributed by atoms with Crippen molar-refractivity contribution in [2.45, 2.75) is 134 Å².